The van der Waals surface area contributed by atoms with Crippen LogP contribution in [0.3, 0.4) is 0 Å². The zero-order valence-corrected chi connectivity index (χ0v) is 12.1. The van der Waals surface area contributed by atoms with Crippen LogP contribution in [-0.4, -0.2) is 11.6 Å². The van der Waals surface area contributed by atoms with Crippen molar-refractivity contribution in [2.75, 3.05) is 17.7 Å². The van der Waals surface area contributed by atoms with Gasteiger partial charge in [-0.25, -0.2) is 0 Å². The van der Waals surface area contributed by atoms with E-state index in [4.69, 9.17) is 14.9 Å². The number of aromatic nitrogens is 1. The van der Waals surface area contributed by atoms with E-state index in [2.05, 4.69) is 24.1 Å². The van der Waals surface area contributed by atoms with Gasteiger partial charge >= 0.3 is 0 Å². The molecule has 1 unspecified atom stereocenters. The molecule has 108 valence electrons. The lowest BCUT2D eigenvalue weighted by Gasteiger charge is -2.15. The molecule has 2 heterocycles. The van der Waals surface area contributed by atoms with Gasteiger partial charge in [0, 0.05) is 0 Å². The van der Waals surface area contributed by atoms with Crippen LogP contribution in [-0.2, 0) is 0 Å². The molecule has 2 rings (SSSR count). The zero-order valence-electron chi connectivity index (χ0n) is 12.1. The number of nitrogens with one attached hydrogen (secondary N) is 1. The highest BCUT2D eigenvalue weighted by Gasteiger charge is 2.11. The molecule has 0 radical (unpaired) electrons. The van der Waals surface area contributed by atoms with Crippen LogP contribution in [0.25, 0.3) is 0 Å². The Morgan fingerprint density at radius 3 is 2.75 bits per heavy atom. The van der Waals surface area contributed by atoms with Gasteiger partial charge in [0.05, 0.1) is 24.6 Å². The average molecular weight is 275 g/mol. The number of hydrogen-bond acceptors (Lipinski definition) is 5. The van der Waals surface area contributed by atoms with Crippen molar-refractivity contribution in [2.45, 2.75) is 26.8 Å². The van der Waals surface area contributed by atoms with Crippen LogP contribution in [0.15, 0.2) is 34.9 Å². The number of hydrogen-bond donors (Lipinski definition) is 2. The molecule has 0 amide bonds. The normalized spacial score (nSPS) is 12.4. The monoisotopic (exact) mass is 275 g/mol. The van der Waals surface area contributed by atoms with Crippen molar-refractivity contribution in [3.05, 3.63) is 36.3 Å². The van der Waals surface area contributed by atoms with Gasteiger partial charge < -0.3 is 20.2 Å². The van der Waals surface area contributed by atoms with E-state index in [1.54, 1.807) is 12.3 Å². The summed E-state index contributed by atoms with van der Waals surface area (Å²) in [6, 6.07) is 7.43. The number of nitrogens with two attached hydrogens (primary N) is 1. The molecule has 0 saturated heterocycles. The van der Waals surface area contributed by atoms with Crippen molar-refractivity contribution in [3.8, 4) is 5.88 Å². The quantitative estimate of drug-likeness (QED) is 0.844. The number of ether oxygens (including phenoxy) is 1. The first-order valence-corrected chi connectivity index (χ1v) is 6.75. The lowest BCUT2D eigenvalue weighted by molar-refractivity contribution is 0.263. The van der Waals surface area contributed by atoms with Gasteiger partial charge in [0.15, 0.2) is 0 Å². The van der Waals surface area contributed by atoms with Crippen LogP contribution in [0.1, 0.15) is 32.6 Å². The van der Waals surface area contributed by atoms with Gasteiger partial charge in [0.2, 0.25) is 5.88 Å². The van der Waals surface area contributed by atoms with E-state index in [0.717, 1.165) is 5.76 Å². The van der Waals surface area contributed by atoms with Crippen LogP contribution < -0.4 is 15.8 Å². The van der Waals surface area contributed by atoms with E-state index in [0.29, 0.717) is 29.9 Å². The van der Waals surface area contributed by atoms with E-state index >= 15 is 0 Å². The third kappa shape index (κ3) is 3.66. The van der Waals surface area contributed by atoms with Crippen LogP contribution >= 0.6 is 0 Å². The molecule has 0 bridgehead atoms. The van der Waals surface area contributed by atoms with Crippen LogP contribution in [0, 0.1) is 5.92 Å². The van der Waals surface area contributed by atoms with Gasteiger partial charge in [0.25, 0.3) is 0 Å². The minimum atomic E-state index is 0.0269. The van der Waals surface area contributed by atoms with E-state index < -0.39 is 0 Å². The smallest absolute Gasteiger partial charge is 0.239 e. The maximum absolute atomic E-state index is 5.87. The third-order valence-electron chi connectivity index (χ3n) is 2.78. The molecule has 0 spiro atoms. The molecule has 2 aromatic rings. The number of anilines is 2. The van der Waals surface area contributed by atoms with Gasteiger partial charge in [-0.05, 0) is 37.1 Å². The van der Waals surface area contributed by atoms with Crippen molar-refractivity contribution in [1.82, 2.24) is 4.98 Å². The molecule has 5 nitrogen and oxygen atoms in total. The van der Waals surface area contributed by atoms with Gasteiger partial charge in [-0.1, -0.05) is 13.8 Å². The van der Waals surface area contributed by atoms with Crippen molar-refractivity contribution >= 4 is 11.5 Å². The standard InChI is InChI=1S/C15H21N3O2/c1-10(2)9-20-15-12(16)6-7-14(18-15)17-11(3)13-5-4-8-19-13/h4-8,10-11H,9,16H2,1-3H3,(H,17,18). The highest BCUT2D eigenvalue weighted by atomic mass is 16.5. The van der Waals surface area contributed by atoms with Crippen molar-refractivity contribution in [2.24, 2.45) is 5.92 Å². The number of rotatable bonds is 6. The molecular formula is C15H21N3O2. The molecule has 1 atom stereocenters. The minimum Gasteiger partial charge on any atom is -0.476 e. The minimum absolute atomic E-state index is 0.0269. The summed E-state index contributed by atoms with van der Waals surface area (Å²) in [5.41, 5.74) is 6.41. The molecule has 0 aromatic carbocycles. The molecule has 20 heavy (non-hydrogen) atoms. The highest BCUT2D eigenvalue weighted by Crippen LogP contribution is 2.24. The Bertz CT molecular complexity index is 538. The predicted octanol–water partition coefficient (Wildman–Crippen LogP) is 3.46. The maximum Gasteiger partial charge on any atom is 0.239 e. The predicted molar refractivity (Wildman–Crippen MR) is 79.7 cm³/mol. The summed E-state index contributed by atoms with van der Waals surface area (Å²) < 4.78 is 11.0. The van der Waals surface area contributed by atoms with Crippen molar-refractivity contribution in [1.29, 1.82) is 0 Å². The van der Waals surface area contributed by atoms with Crippen molar-refractivity contribution in [3.63, 3.8) is 0 Å². The SMILES string of the molecule is CC(C)COc1nc(NC(C)c2ccco2)ccc1N. The van der Waals surface area contributed by atoms with E-state index in [1.807, 2.05) is 25.1 Å². The molecule has 0 fully saturated rings. The molecule has 0 aliphatic rings. The van der Waals surface area contributed by atoms with Gasteiger partial charge in [-0.2, -0.15) is 4.98 Å². The van der Waals surface area contributed by atoms with Gasteiger partial charge in [-0.15, -0.1) is 0 Å². The Balaban J connectivity index is 2.06. The lowest BCUT2D eigenvalue weighted by Crippen LogP contribution is -2.10. The summed E-state index contributed by atoms with van der Waals surface area (Å²) >= 11 is 0. The largest absolute Gasteiger partial charge is 0.476 e. The Kier molecular flexibility index (Phi) is 4.50. The number of nitrogens with zero attached hydrogens (tertiary/aromatic N) is 1. The number of furan rings is 1. The molecule has 5 heteroatoms. The topological polar surface area (TPSA) is 73.3 Å². The molecular weight excluding hydrogens is 254 g/mol. The van der Waals surface area contributed by atoms with Crippen LogP contribution in [0.4, 0.5) is 11.5 Å². The van der Waals surface area contributed by atoms with Gasteiger partial charge in [0.1, 0.15) is 11.6 Å². The van der Waals surface area contributed by atoms with E-state index in [9.17, 15) is 0 Å². The first kappa shape index (κ1) is 14.2. The number of pyridine rings is 1. The molecule has 0 aliphatic carbocycles. The summed E-state index contributed by atoms with van der Waals surface area (Å²) in [7, 11) is 0. The Labute approximate surface area is 119 Å². The van der Waals surface area contributed by atoms with Crippen LogP contribution in [0.2, 0.25) is 0 Å². The molecule has 0 aliphatic heterocycles. The molecule has 3 N–H and O–H groups in total. The fraction of sp³-hybridized carbons (Fsp3) is 0.400. The average Bonchev–Trinajstić information content (AvgIpc) is 2.93. The lowest BCUT2D eigenvalue weighted by atomic mass is 10.2. The molecule has 0 saturated carbocycles. The second-order valence-electron chi connectivity index (χ2n) is 5.18. The first-order valence-electron chi connectivity index (χ1n) is 6.75. The van der Waals surface area contributed by atoms with Gasteiger partial charge in [-0.3, -0.25) is 0 Å². The zero-order chi connectivity index (χ0) is 14.5. The first-order chi connectivity index (χ1) is 9.56. The fourth-order valence-electron chi connectivity index (χ4n) is 1.72. The summed E-state index contributed by atoms with van der Waals surface area (Å²) in [6.45, 7) is 6.76. The highest BCUT2D eigenvalue weighted by molar-refractivity contribution is 5.54. The van der Waals surface area contributed by atoms with Crippen molar-refractivity contribution < 1.29 is 9.15 Å². The Morgan fingerprint density at radius 1 is 1.30 bits per heavy atom. The maximum atomic E-state index is 5.87. The summed E-state index contributed by atoms with van der Waals surface area (Å²) in [4.78, 5) is 4.39. The summed E-state index contributed by atoms with van der Waals surface area (Å²) in [6.07, 6.45) is 1.65. The Hall–Kier alpha value is -2.17. The third-order valence-corrected chi connectivity index (χ3v) is 2.78. The number of nitrogen functional groups attached to an aromatic ring is 1. The second-order valence-corrected chi connectivity index (χ2v) is 5.18. The second kappa shape index (κ2) is 6.32. The van der Waals surface area contributed by atoms with E-state index in [1.165, 1.54) is 0 Å². The summed E-state index contributed by atoms with van der Waals surface area (Å²) in [5, 5.41) is 3.26. The fourth-order valence-corrected chi connectivity index (χ4v) is 1.72. The molecule has 2 aromatic heterocycles. The van der Waals surface area contributed by atoms with E-state index in [-0.39, 0.29) is 6.04 Å². The summed E-state index contributed by atoms with van der Waals surface area (Å²) in [5.74, 6) is 2.46. The Morgan fingerprint density at radius 2 is 2.10 bits per heavy atom. The van der Waals surface area contributed by atoms with Crippen LogP contribution in [0.5, 0.6) is 5.88 Å².